The largest absolute Gasteiger partial charge is 0.309 e. The van der Waals surface area contributed by atoms with Crippen molar-refractivity contribution in [1.82, 2.24) is 0 Å². The molecule has 43 heavy (non-hydrogen) atoms. The lowest BCUT2D eigenvalue weighted by Gasteiger charge is -2.27. The van der Waals surface area contributed by atoms with Crippen LogP contribution in [0.4, 0.5) is 17.1 Å². The van der Waals surface area contributed by atoms with Crippen LogP contribution in [0.2, 0.25) is 0 Å². The van der Waals surface area contributed by atoms with Gasteiger partial charge in [-0.25, -0.2) is 0 Å². The zero-order valence-electron chi connectivity index (χ0n) is 23.5. The molecular weight excluding hydrogens is 518 g/mol. The maximum atomic E-state index is 2.40. The second kappa shape index (κ2) is 9.44. The third kappa shape index (κ3) is 3.65. The Hall–Kier alpha value is -5.66. The molecule has 0 N–H and O–H groups in total. The number of rotatable bonds is 2. The van der Waals surface area contributed by atoms with Crippen molar-refractivity contribution in [3.63, 3.8) is 0 Å². The molecule has 0 atom stereocenters. The Morgan fingerprint density at radius 2 is 0.744 bits per heavy atom. The van der Waals surface area contributed by atoms with Gasteiger partial charge >= 0.3 is 0 Å². The van der Waals surface area contributed by atoms with Gasteiger partial charge in [0.15, 0.2) is 0 Å². The van der Waals surface area contributed by atoms with Crippen LogP contribution in [0.3, 0.4) is 0 Å². The van der Waals surface area contributed by atoms with Crippen LogP contribution in [0.1, 0.15) is 0 Å². The van der Waals surface area contributed by atoms with E-state index in [0.29, 0.717) is 0 Å². The Morgan fingerprint density at radius 3 is 1.40 bits per heavy atom. The lowest BCUT2D eigenvalue weighted by molar-refractivity contribution is 1.29. The highest BCUT2D eigenvalue weighted by atomic mass is 15.1. The quantitative estimate of drug-likeness (QED) is 0.195. The van der Waals surface area contributed by atoms with Gasteiger partial charge in [0.2, 0.25) is 0 Å². The van der Waals surface area contributed by atoms with Crippen molar-refractivity contribution < 1.29 is 0 Å². The third-order valence-electron chi connectivity index (χ3n) is 8.98. The molecule has 8 aromatic rings. The number of nitrogens with zero attached hydrogens (tertiary/aromatic N) is 1. The molecule has 0 unspecified atom stereocenters. The highest BCUT2D eigenvalue weighted by Crippen LogP contribution is 2.51. The number of anilines is 3. The Balaban J connectivity index is 1.30. The van der Waals surface area contributed by atoms with E-state index in [1.165, 1.54) is 77.1 Å². The van der Waals surface area contributed by atoms with Gasteiger partial charge in [0.25, 0.3) is 0 Å². The molecule has 0 amide bonds. The van der Waals surface area contributed by atoms with Gasteiger partial charge in [-0.3, -0.25) is 0 Å². The fourth-order valence-corrected chi connectivity index (χ4v) is 7.05. The van der Waals surface area contributed by atoms with Crippen LogP contribution in [0, 0.1) is 0 Å². The van der Waals surface area contributed by atoms with Crippen molar-refractivity contribution in [3.05, 3.63) is 164 Å². The summed E-state index contributed by atoms with van der Waals surface area (Å²) in [6.45, 7) is 0. The van der Waals surface area contributed by atoms with E-state index >= 15 is 0 Å². The molecule has 200 valence electrons. The topological polar surface area (TPSA) is 3.24 Å². The summed E-state index contributed by atoms with van der Waals surface area (Å²) >= 11 is 0. The lowest BCUT2D eigenvalue weighted by Crippen LogP contribution is -2.10. The summed E-state index contributed by atoms with van der Waals surface area (Å²) in [4.78, 5) is 2.40. The standard InChI is InChI=1S/C42H27N/c1-2-12-30(13-3-1)43-41-20-10-8-18-37(41)36-25-23-29(27-40(36)38-19-9-11-21-42(38)43)28-22-24-35-33-16-5-4-14-31(33)32-15-6-7-17-34(32)39(35)26-28/h1-27H. The Kier molecular flexibility index (Phi) is 5.27. The molecular formula is C42H27N. The second-order valence-corrected chi connectivity index (χ2v) is 11.3. The number of hydrogen-bond donors (Lipinski definition) is 0. The molecule has 8 aromatic carbocycles. The molecule has 1 nitrogen and oxygen atoms in total. The monoisotopic (exact) mass is 545 g/mol. The van der Waals surface area contributed by atoms with Gasteiger partial charge in [-0.1, -0.05) is 127 Å². The molecule has 1 heterocycles. The first-order valence-electron chi connectivity index (χ1n) is 14.9. The van der Waals surface area contributed by atoms with E-state index in [-0.39, 0.29) is 0 Å². The number of para-hydroxylation sites is 3. The molecule has 0 aromatic heterocycles. The van der Waals surface area contributed by atoms with E-state index in [1.54, 1.807) is 0 Å². The minimum absolute atomic E-state index is 1.16. The fourth-order valence-electron chi connectivity index (χ4n) is 7.05. The van der Waals surface area contributed by atoms with Gasteiger partial charge in [-0.05, 0) is 91.0 Å². The zero-order valence-corrected chi connectivity index (χ0v) is 23.5. The van der Waals surface area contributed by atoms with Crippen LogP contribution in [-0.4, -0.2) is 0 Å². The molecule has 0 aliphatic carbocycles. The molecule has 0 fully saturated rings. The fraction of sp³-hybridized carbons (Fsp3) is 0. The van der Waals surface area contributed by atoms with Crippen molar-refractivity contribution in [2.24, 2.45) is 0 Å². The van der Waals surface area contributed by atoms with E-state index in [4.69, 9.17) is 0 Å². The summed E-state index contributed by atoms with van der Waals surface area (Å²) in [6.07, 6.45) is 0. The molecule has 0 radical (unpaired) electrons. The number of benzene rings is 8. The van der Waals surface area contributed by atoms with Crippen LogP contribution >= 0.6 is 0 Å². The van der Waals surface area contributed by atoms with Crippen LogP contribution in [-0.2, 0) is 0 Å². The van der Waals surface area contributed by atoms with Crippen molar-refractivity contribution in [3.8, 4) is 33.4 Å². The van der Waals surface area contributed by atoms with E-state index in [0.717, 1.165) is 5.69 Å². The predicted molar refractivity (Wildman–Crippen MR) is 184 cm³/mol. The summed E-state index contributed by atoms with van der Waals surface area (Å²) < 4.78 is 0. The molecule has 0 spiro atoms. The van der Waals surface area contributed by atoms with Gasteiger partial charge < -0.3 is 4.90 Å². The molecule has 9 rings (SSSR count). The van der Waals surface area contributed by atoms with Crippen molar-refractivity contribution in [2.45, 2.75) is 0 Å². The molecule has 1 aliphatic rings. The smallest absolute Gasteiger partial charge is 0.0540 e. The molecule has 1 aliphatic heterocycles. The van der Waals surface area contributed by atoms with Gasteiger partial charge in [0.1, 0.15) is 0 Å². The Labute approximate surface area is 250 Å². The molecule has 0 saturated heterocycles. The van der Waals surface area contributed by atoms with Gasteiger partial charge in [0.05, 0.1) is 11.4 Å². The SMILES string of the molecule is c1ccc(N2c3ccccc3-c3ccc(-c4ccc5c6ccccc6c6ccccc6c5c4)cc3-c3ccccc32)cc1. The highest BCUT2D eigenvalue weighted by Gasteiger charge is 2.26. The van der Waals surface area contributed by atoms with Gasteiger partial charge in [0, 0.05) is 16.8 Å². The Bertz CT molecular complexity index is 2310. The summed E-state index contributed by atoms with van der Waals surface area (Å²) in [5.74, 6) is 0. The molecule has 0 saturated carbocycles. The number of fused-ring (bicyclic) bond motifs is 11. The summed E-state index contributed by atoms with van der Waals surface area (Å²) in [5.41, 5.74) is 11.0. The zero-order chi connectivity index (χ0) is 28.3. The van der Waals surface area contributed by atoms with Gasteiger partial charge in [-0.15, -0.1) is 0 Å². The highest BCUT2D eigenvalue weighted by molar-refractivity contribution is 6.25. The third-order valence-corrected chi connectivity index (χ3v) is 8.98. The van der Waals surface area contributed by atoms with E-state index < -0.39 is 0 Å². The minimum atomic E-state index is 1.16. The predicted octanol–water partition coefficient (Wildman–Crippen LogP) is 11.9. The van der Waals surface area contributed by atoms with Gasteiger partial charge in [-0.2, -0.15) is 0 Å². The van der Waals surface area contributed by atoms with Crippen molar-refractivity contribution in [2.75, 3.05) is 4.90 Å². The van der Waals surface area contributed by atoms with Crippen LogP contribution < -0.4 is 4.90 Å². The molecule has 1 heteroatoms. The average Bonchev–Trinajstić information content (AvgIpc) is 3.21. The van der Waals surface area contributed by atoms with Crippen LogP contribution in [0.15, 0.2) is 164 Å². The Morgan fingerprint density at radius 1 is 0.279 bits per heavy atom. The van der Waals surface area contributed by atoms with Crippen LogP contribution in [0.5, 0.6) is 0 Å². The summed E-state index contributed by atoms with van der Waals surface area (Å²) in [7, 11) is 0. The van der Waals surface area contributed by atoms with E-state index in [9.17, 15) is 0 Å². The first kappa shape index (κ1) is 24.0. The first-order chi connectivity index (χ1) is 21.3. The summed E-state index contributed by atoms with van der Waals surface area (Å²) in [6, 6.07) is 59.8. The molecule has 0 bridgehead atoms. The lowest BCUT2D eigenvalue weighted by atomic mass is 9.89. The first-order valence-corrected chi connectivity index (χ1v) is 14.9. The van der Waals surface area contributed by atoms with E-state index in [2.05, 4.69) is 169 Å². The number of hydrogen-bond acceptors (Lipinski definition) is 1. The van der Waals surface area contributed by atoms with Crippen molar-refractivity contribution >= 4 is 49.4 Å². The minimum Gasteiger partial charge on any atom is -0.309 e. The summed E-state index contributed by atoms with van der Waals surface area (Å²) in [5, 5.41) is 7.80. The van der Waals surface area contributed by atoms with Crippen molar-refractivity contribution in [1.29, 1.82) is 0 Å². The van der Waals surface area contributed by atoms with Crippen LogP contribution in [0.25, 0.3) is 65.7 Å². The van der Waals surface area contributed by atoms with E-state index in [1.807, 2.05) is 0 Å². The maximum Gasteiger partial charge on any atom is 0.0540 e. The average molecular weight is 546 g/mol. The normalized spacial score (nSPS) is 12.1. The maximum absolute atomic E-state index is 2.40. The second-order valence-electron chi connectivity index (χ2n) is 11.3.